The molecule has 2 aromatic carbocycles. The molecular formula is C16H10FNO3. The SMILES string of the molecule is N#Cc1cc(F)cc(COc2ccc3c(c2)OCC3=O)c1. The third-order valence-corrected chi connectivity index (χ3v) is 3.10. The Balaban J connectivity index is 1.75. The molecule has 2 aromatic rings. The summed E-state index contributed by atoms with van der Waals surface area (Å²) in [4.78, 5) is 11.4. The van der Waals surface area contributed by atoms with Gasteiger partial charge in [-0.1, -0.05) is 0 Å². The minimum Gasteiger partial charge on any atom is -0.489 e. The number of rotatable bonds is 3. The van der Waals surface area contributed by atoms with E-state index in [0.717, 1.165) is 0 Å². The zero-order chi connectivity index (χ0) is 14.8. The lowest BCUT2D eigenvalue weighted by molar-refractivity contribution is 0.0961. The molecule has 0 aliphatic carbocycles. The molecular weight excluding hydrogens is 273 g/mol. The second-order valence-electron chi connectivity index (χ2n) is 4.62. The van der Waals surface area contributed by atoms with Crippen molar-refractivity contribution in [2.45, 2.75) is 6.61 Å². The van der Waals surface area contributed by atoms with Crippen LogP contribution in [0.25, 0.3) is 0 Å². The Bertz CT molecular complexity index is 765. The standard InChI is InChI=1S/C16H10FNO3/c17-12-4-10(7-18)3-11(5-12)8-20-13-1-2-14-15(19)9-21-16(14)6-13/h1-6H,8-9H2. The second-order valence-corrected chi connectivity index (χ2v) is 4.62. The van der Waals surface area contributed by atoms with Gasteiger partial charge in [0.2, 0.25) is 5.78 Å². The number of carbonyl (C=O) groups is 1. The van der Waals surface area contributed by atoms with Gasteiger partial charge in [-0.05, 0) is 35.9 Å². The summed E-state index contributed by atoms with van der Waals surface area (Å²) in [5.41, 5.74) is 1.35. The highest BCUT2D eigenvalue weighted by Gasteiger charge is 2.21. The van der Waals surface area contributed by atoms with Gasteiger partial charge in [0.15, 0.2) is 6.61 Å². The summed E-state index contributed by atoms with van der Waals surface area (Å²) < 4.78 is 24.1. The van der Waals surface area contributed by atoms with E-state index in [1.54, 1.807) is 24.3 Å². The quantitative estimate of drug-likeness (QED) is 0.869. The highest BCUT2D eigenvalue weighted by molar-refractivity contribution is 6.02. The summed E-state index contributed by atoms with van der Waals surface area (Å²) in [6.07, 6.45) is 0. The van der Waals surface area contributed by atoms with E-state index in [4.69, 9.17) is 14.7 Å². The third-order valence-electron chi connectivity index (χ3n) is 3.10. The van der Waals surface area contributed by atoms with E-state index < -0.39 is 5.82 Å². The van der Waals surface area contributed by atoms with Gasteiger partial charge in [0.1, 0.15) is 23.9 Å². The molecule has 0 spiro atoms. The maximum Gasteiger partial charge on any atom is 0.203 e. The maximum atomic E-state index is 13.3. The molecule has 104 valence electrons. The van der Waals surface area contributed by atoms with Crippen LogP contribution in [0, 0.1) is 17.1 Å². The molecule has 0 unspecified atom stereocenters. The van der Waals surface area contributed by atoms with Crippen molar-refractivity contribution < 1.29 is 18.7 Å². The fourth-order valence-electron chi connectivity index (χ4n) is 2.13. The van der Waals surface area contributed by atoms with Crippen LogP contribution in [0.15, 0.2) is 36.4 Å². The van der Waals surface area contributed by atoms with Crippen LogP contribution < -0.4 is 9.47 Å². The summed E-state index contributed by atoms with van der Waals surface area (Å²) in [6.45, 7) is 0.174. The minimum absolute atomic E-state index is 0.0498. The summed E-state index contributed by atoms with van der Waals surface area (Å²) in [5.74, 6) is 0.483. The molecule has 3 rings (SSSR count). The van der Waals surface area contributed by atoms with E-state index in [2.05, 4.69) is 0 Å². The van der Waals surface area contributed by atoms with Gasteiger partial charge < -0.3 is 9.47 Å². The summed E-state index contributed by atoms with van der Waals surface area (Å²) in [7, 11) is 0. The van der Waals surface area contributed by atoms with E-state index in [-0.39, 0.29) is 24.6 Å². The molecule has 0 fully saturated rings. The fourth-order valence-corrected chi connectivity index (χ4v) is 2.13. The number of nitrogens with zero attached hydrogens (tertiary/aromatic N) is 1. The zero-order valence-corrected chi connectivity index (χ0v) is 10.9. The normalized spacial score (nSPS) is 12.5. The number of fused-ring (bicyclic) bond motifs is 1. The van der Waals surface area contributed by atoms with Crippen LogP contribution in [-0.2, 0) is 6.61 Å². The molecule has 0 bridgehead atoms. The van der Waals surface area contributed by atoms with E-state index in [1.165, 1.54) is 12.1 Å². The monoisotopic (exact) mass is 283 g/mol. The van der Waals surface area contributed by atoms with Crippen LogP contribution >= 0.6 is 0 Å². The molecule has 0 saturated heterocycles. The number of benzene rings is 2. The Morgan fingerprint density at radius 3 is 2.95 bits per heavy atom. The van der Waals surface area contributed by atoms with Gasteiger partial charge in [-0.15, -0.1) is 0 Å². The molecule has 21 heavy (non-hydrogen) atoms. The van der Waals surface area contributed by atoms with E-state index in [9.17, 15) is 9.18 Å². The molecule has 1 aliphatic heterocycles. The van der Waals surface area contributed by atoms with Crippen LogP contribution in [0.2, 0.25) is 0 Å². The number of halogens is 1. The highest BCUT2D eigenvalue weighted by atomic mass is 19.1. The molecule has 0 amide bonds. The van der Waals surface area contributed by atoms with Crippen molar-refractivity contribution in [3.8, 4) is 17.6 Å². The van der Waals surface area contributed by atoms with Crippen LogP contribution in [0.5, 0.6) is 11.5 Å². The van der Waals surface area contributed by atoms with Crippen LogP contribution in [0.3, 0.4) is 0 Å². The first-order valence-corrected chi connectivity index (χ1v) is 6.28. The minimum atomic E-state index is -0.476. The van der Waals surface area contributed by atoms with Gasteiger partial charge in [0.25, 0.3) is 0 Å². The predicted molar refractivity (Wildman–Crippen MR) is 71.7 cm³/mol. The van der Waals surface area contributed by atoms with Crippen molar-refractivity contribution >= 4 is 5.78 Å². The summed E-state index contributed by atoms with van der Waals surface area (Å²) in [5, 5.41) is 8.80. The molecule has 0 aromatic heterocycles. The Morgan fingerprint density at radius 2 is 2.14 bits per heavy atom. The Labute approximate surface area is 120 Å². The highest BCUT2D eigenvalue weighted by Crippen LogP contribution is 2.29. The lowest BCUT2D eigenvalue weighted by Crippen LogP contribution is -1.98. The zero-order valence-electron chi connectivity index (χ0n) is 10.9. The lowest BCUT2D eigenvalue weighted by atomic mass is 10.1. The largest absolute Gasteiger partial charge is 0.489 e. The fraction of sp³-hybridized carbons (Fsp3) is 0.125. The third kappa shape index (κ3) is 2.70. The summed E-state index contributed by atoms with van der Waals surface area (Å²) in [6, 6.07) is 10.9. The Morgan fingerprint density at radius 1 is 1.29 bits per heavy atom. The first kappa shape index (κ1) is 13.1. The van der Waals surface area contributed by atoms with Crippen molar-refractivity contribution in [1.82, 2.24) is 0 Å². The van der Waals surface area contributed by atoms with E-state index >= 15 is 0 Å². The Kier molecular flexibility index (Phi) is 3.28. The first-order valence-electron chi connectivity index (χ1n) is 6.28. The Hall–Kier alpha value is -2.87. The van der Waals surface area contributed by atoms with Crippen molar-refractivity contribution in [2.24, 2.45) is 0 Å². The first-order chi connectivity index (χ1) is 10.2. The number of ketones is 1. The molecule has 0 saturated carbocycles. The van der Waals surface area contributed by atoms with Gasteiger partial charge in [-0.2, -0.15) is 5.26 Å². The maximum absolute atomic E-state index is 13.3. The predicted octanol–water partition coefficient (Wildman–Crippen LogP) is 2.85. The number of carbonyl (C=O) groups excluding carboxylic acids is 1. The molecule has 0 radical (unpaired) electrons. The van der Waals surface area contributed by atoms with Gasteiger partial charge in [0, 0.05) is 6.07 Å². The molecule has 0 atom stereocenters. The van der Waals surface area contributed by atoms with Gasteiger partial charge >= 0.3 is 0 Å². The van der Waals surface area contributed by atoms with Gasteiger partial charge in [0.05, 0.1) is 17.2 Å². The van der Waals surface area contributed by atoms with Crippen molar-refractivity contribution in [1.29, 1.82) is 5.26 Å². The van der Waals surface area contributed by atoms with Crippen molar-refractivity contribution in [2.75, 3.05) is 6.61 Å². The second kappa shape index (κ2) is 5.25. The molecule has 5 heteroatoms. The van der Waals surface area contributed by atoms with Gasteiger partial charge in [-0.3, -0.25) is 4.79 Å². The van der Waals surface area contributed by atoms with E-state index in [1.807, 2.05) is 6.07 Å². The van der Waals surface area contributed by atoms with Crippen molar-refractivity contribution in [3.05, 3.63) is 58.9 Å². The van der Waals surface area contributed by atoms with Crippen LogP contribution in [0.1, 0.15) is 21.5 Å². The van der Waals surface area contributed by atoms with Crippen molar-refractivity contribution in [3.63, 3.8) is 0 Å². The number of nitriles is 1. The van der Waals surface area contributed by atoms with E-state index in [0.29, 0.717) is 22.6 Å². The topological polar surface area (TPSA) is 59.3 Å². The molecule has 0 N–H and O–H groups in total. The van der Waals surface area contributed by atoms with Crippen LogP contribution in [0.4, 0.5) is 4.39 Å². The summed E-state index contributed by atoms with van der Waals surface area (Å²) >= 11 is 0. The smallest absolute Gasteiger partial charge is 0.203 e. The molecule has 4 nitrogen and oxygen atoms in total. The number of ether oxygens (including phenoxy) is 2. The lowest BCUT2D eigenvalue weighted by Gasteiger charge is -2.08. The average Bonchev–Trinajstić information content (AvgIpc) is 2.85. The molecule has 1 heterocycles. The number of Topliss-reactive ketones (excluding diaryl/α,β-unsaturated/α-hetero) is 1. The average molecular weight is 283 g/mol. The van der Waals surface area contributed by atoms with Gasteiger partial charge in [-0.25, -0.2) is 4.39 Å². The van der Waals surface area contributed by atoms with Crippen LogP contribution in [-0.4, -0.2) is 12.4 Å². The molecule has 1 aliphatic rings. The number of hydrogen-bond donors (Lipinski definition) is 0. The number of hydrogen-bond acceptors (Lipinski definition) is 4.